The van der Waals surface area contributed by atoms with Gasteiger partial charge in [-0.15, -0.1) is 0 Å². The Bertz CT molecular complexity index is 492. The van der Waals surface area contributed by atoms with Crippen LogP contribution in [-0.2, 0) is 6.54 Å². The van der Waals surface area contributed by atoms with Crippen molar-refractivity contribution in [1.29, 1.82) is 0 Å². The van der Waals surface area contributed by atoms with Gasteiger partial charge in [-0.25, -0.2) is 4.39 Å². The van der Waals surface area contributed by atoms with E-state index in [0.717, 1.165) is 11.3 Å². The van der Waals surface area contributed by atoms with Crippen molar-refractivity contribution in [2.45, 2.75) is 13.5 Å². The molecule has 16 heavy (non-hydrogen) atoms. The fraction of sp³-hybridized carbons (Fsp3) is 0.182. The van der Waals surface area contributed by atoms with Crippen molar-refractivity contribution < 1.29 is 4.39 Å². The van der Waals surface area contributed by atoms with Crippen LogP contribution in [0.4, 0.5) is 15.8 Å². The zero-order chi connectivity index (χ0) is 11.5. The van der Waals surface area contributed by atoms with Crippen LogP contribution in [-0.4, -0.2) is 10.2 Å². The normalized spacial score (nSPS) is 10.4. The fourth-order valence-electron chi connectivity index (χ4n) is 1.44. The van der Waals surface area contributed by atoms with Crippen LogP contribution in [0, 0.1) is 12.7 Å². The number of nitrogens with zero attached hydrogens (tertiary/aromatic N) is 1. The van der Waals surface area contributed by atoms with Gasteiger partial charge in [-0.1, -0.05) is 6.07 Å². The van der Waals surface area contributed by atoms with Crippen LogP contribution in [0.25, 0.3) is 0 Å². The molecule has 0 unspecified atom stereocenters. The minimum Gasteiger partial charge on any atom is -0.395 e. The summed E-state index contributed by atoms with van der Waals surface area (Å²) >= 11 is 0. The maximum Gasteiger partial charge on any atom is 0.148 e. The topological polar surface area (TPSA) is 66.7 Å². The van der Waals surface area contributed by atoms with Gasteiger partial charge < -0.3 is 11.1 Å². The molecule has 1 aromatic heterocycles. The van der Waals surface area contributed by atoms with E-state index in [1.54, 1.807) is 18.3 Å². The number of aromatic nitrogens is 2. The first-order chi connectivity index (χ1) is 7.68. The summed E-state index contributed by atoms with van der Waals surface area (Å²) in [6.07, 6.45) is 1.73. The average molecular weight is 220 g/mol. The van der Waals surface area contributed by atoms with Gasteiger partial charge in [0, 0.05) is 17.8 Å². The van der Waals surface area contributed by atoms with E-state index >= 15 is 0 Å². The molecule has 2 aromatic rings. The summed E-state index contributed by atoms with van der Waals surface area (Å²) in [5.41, 5.74) is 8.36. The van der Waals surface area contributed by atoms with E-state index in [-0.39, 0.29) is 5.69 Å². The predicted molar refractivity (Wildman–Crippen MR) is 61.5 cm³/mol. The summed E-state index contributed by atoms with van der Waals surface area (Å²) in [6.45, 7) is 2.49. The van der Waals surface area contributed by atoms with Gasteiger partial charge in [-0.05, 0) is 19.1 Å². The first kappa shape index (κ1) is 10.5. The Morgan fingerprint density at radius 2 is 2.31 bits per heavy atom. The van der Waals surface area contributed by atoms with Crippen LogP contribution >= 0.6 is 0 Å². The highest BCUT2D eigenvalue weighted by Gasteiger charge is 2.05. The summed E-state index contributed by atoms with van der Waals surface area (Å²) in [4.78, 5) is 0. The third-order valence-electron chi connectivity index (χ3n) is 2.46. The Balaban J connectivity index is 2.11. The number of benzene rings is 1. The number of hydrogen-bond donors (Lipinski definition) is 3. The van der Waals surface area contributed by atoms with Crippen LogP contribution in [0.15, 0.2) is 24.4 Å². The van der Waals surface area contributed by atoms with E-state index in [0.29, 0.717) is 12.2 Å². The Morgan fingerprint density at radius 1 is 1.50 bits per heavy atom. The van der Waals surface area contributed by atoms with E-state index in [9.17, 15) is 4.39 Å². The number of nitrogen functional groups attached to an aromatic ring is 1. The number of aromatic amines is 1. The van der Waals surface area contributed by atoms with Gasteiger partial charge in [0.1, 0.15) is 5.82 Å². The van der Waals surface area contributed by atoms with E-state index in [2.05, 4.69) is 15.5 Å². The molecular weight excluding hydrogens is 207 g/mol. The van der Waals surface area contributed by atoms with Crippen molar-refractivity contribution in [3.05, 3.63) is 41.5 Å². The Kier molecular flexibility index (Phi) is 2.76. The number of H-pyrrole nitrogens is 1. The lowest BCUT2D eigenvalue weighted by atomic mass is 10.2. The average Bonchev–Trinajstić information content (AvgIpc) is 2.67. The number of anilines is 2. The smallest absolute Gasteiger partial charge is 0.148 e. The number of hydrogen-bond acceptors (Lipinski definition) is 3. The van der Waals surface area contributed by atoms with Gasteiger partial charge in [0.05, 0.1) is 17.6 Å². The van der Waals surface area contributed by atoms with Crippen LogP contribution in [0.1, 0.15) is 11.3 Å². The van der Waals surface area contributed by atoms with Gasteiger partial charge in [0.15, 0.2) is 0 Å². The molecule has 4 nitrogen and oxygen atoms in total. The number of para-hydroxylation sites is 1. The molecule has 0 saturated carbocycles. The van der Waals surface area contributed by atoms with Gasteiger partial charge >= 0.3 is 0 Å². The minimum absolute atomic E-state index is 0.142. The Hall–Kier alpha value is -2.04. The van der Waals surface area contributed by atoms with E-state index in [4.69, 9.17) is 5.73 Å². The lowest BCUT2D eigenvalue weighted by Crippen LogP contribution is -2.04. The third-order valence-corrected chi connectivity index (χ3v) is 2.46. The molecule has 4 N–H and O–H groups in total. The maximum absolute atomic E-state index is 13.1. The lowest BCUT2D eigenvalue weighted by molar-refractivity contribution is 0.633. The molecule has 0 aliphatic rings. The molecule has 0 saturated heterocycles. The van der Waals surface area contributed by atoms with Crippen molar-refractivity contribution >= 4 is 11.4 Å². The Labute approximate surface area is 92.7 Å². The molecule has 2 rings (SSSR count). The highest BCUT2D eigenvalue weighted by Crippen LogP contribution is 2.21. The predicted octanol–water partition coefficient (Wildman–Crippen LogP) is 2.05. The first-order valence-electron chi connectivity index (χ1n) is 4.95. The number of halogens is 1. The molecule has 5 heteroatoms. The van der Waals surface area contributed by atoms with Crippen molar-refractivity contribution in [2.24, 2.45) is 0 Å². The molecule has 0 amide bonds. The molecule has 84 valence electrons. The monoisotopic (exact) mass is 220 g/mol. The molecule has 1 aromatic carbocycles. The summed E-state index contributed by atoms with van der Waals surface area (Å²) in [6, 6.07) is 4.70. The summed E-state index contributed by atoms with van der Waals surface area (Å²) < 4.78 is 13.1. The fourth-order valence-corrected chi connectivity index (χ4v) is 1.44. The highest BCUT2D eigenvalue weighted by molar-refractivity contribution is 5.66. The quantitative estimate of drug-likeness (QED) is 0.693. The minimum atomic E-state index is -0.408. The number of nitrogens with two attached hydrogens (primary N) is 1. The van der Waals surface area contributed by atoms with E-state index in [1.165, 1.54) is 6.07 Å². The Morgan fingerprint density at radius 3 is 3.00 bits per heavy atom. The lowest BCUT2D eigenvalue weighted by Gasteiger charge is -2.08. The van der Waals surface area contributed by atoms with Crippen LogP contribution in [0.2, 0.25) is 0 Å². The second-order valence-electron chi connectivity index (χ2n) is 3.57. The van der Waals surface area contributed by atoms with Gasteiger partial charge in [0.2, 0.25) is 0 Å². The second kappa shape index (κ2) is 4.22. The molecule has 1 heterocycles. The van der Waals surface area contributed by atoms with Crippen LogP contribution in [0.3, 0.4) is 0 Å². The van der Waals surface area contributed by atoms with Gasteiger partial charge in [-0.3, -0.25) is 5.10 Å². The molecule has 0 spiro atoms. The zero-order valence-electron chi connectivity index (χ0n) is 8.92. The molecular formula is C11H13FN4. The van der Waals surface area contributed by atoms with Crippen molar-refractivity contribution in [1.82, 2.24) is 10.2 Å². The standard InChI is InChI=1S/C11H13FN4/c1-7-8(6-15-16-7)5-14-10-4-2-3-9(12)11(10)13/h2-4,6,14H,5,13H2,1H3,(H,15,16). The summed E-state index contributed by atoms with van der Waals surface area (Å²) in [5, 5.41) is 9.81. The largest absolute Gasteiger partial charge is 0.395 e. The van der Waals surface area contributed by atoms with Crippen LogP contribution < -0.4 is 11.1 Å². The molecule has 0 fully saturated rings. The van der Waals surface area contributed by atoms with Crippen molar-refractivity contribution in [2.75, 3.05) is 11.1 Å². The number of rotatable bonds is 3. The number of aryl methyl sites for hydroxylation is 1. The molecule has 0 atom stereocenters. The molecule has 0 aliphatic heterocycles. The second-order valence-corrected chi connectivity index (χ2v) is 3.57. The molecule has 0 aliphatic carbocycles. The summed E-state index contributed by atoms with van der Waals surface area (Å²) in [7, 11) is 0. The maximum atomic E-state index is 13.1. The molecule has 0 bridgehead atoms. The van der Waals surface area contributed by atoms with E-state index in [1.807, 2.05) is 6.92 Å². The highest BCUT2D eigenvalue weighted by atomic mass is 19.1. The zero-order valence-corrected chi connectivity index (χ0v) is 8.92. The first-order valence-corrected chi connectivity index (χ1v) is 4.95. The molecule has 0 radical (unpaired) electrons. The van der Waals surface area contributed by atoms with Gasteiger partial charge in [0.25, 0.3) is 0 Å². The summed E-state index contributed by atoms with van der Waals surface area (Å²) in [5.74, 6) is -0.408. The van der Waals surface area contributed by atoms with Crippen molar-refractivity contribution in [3.63, 3.8) is 0 Å². The van der Waals surface area contributed by atoms with Crippen LogP contribution in [0.5, 0.6) is 0 Å². The van der Waals surface area contributed by atoms with Gasteiger partial charge in [-0.2, -0.15) is 5.10 Å². The SMILES string of the molecule is Cc1[nH]ncc1CNc1cccc(F)c1N. The number of nitrogens with one attached hydrogen (secondary N) is 2. The van der Waals surface area contributed by atoms with Crippen molar-refractivity contribution in [3.8, 4) is 0 Å². The third kappa shape index (κ3) is 1.98. The van der Waals surface area contributed by atoms with E-state index < -0.39 is 5.82 Å².